The lowest BCUT2D eigenvalue weighted by atomic mass is 10.3. The van der Waals surface area contributed by atoms with E-state index in [1.807, 2.05) is 24.2 Å². The summed E-state index contributed by atoms with van der Waals surface area (Å²) in [4.78, 5) is 1.97. The molecule has 1 heteroatoms. The molecular formula is C5H7N. The van der Waals surface area contributed by atoms with Crippen LogP contribution in [0.1, 0.15) is 0 Å². The Kier molecular flexibility index (Phi) is 0.502. The molecule has 1 rings (SSSR count). The molecule has 1 heterocycles. The van der Waals surface area contributed by atoms with Gasteiger partial charge in [0.2, 0.25) is 0 Å². The van der Waals surface area contributed by atoms with Gasteiger partial charge in [-0.15, -0.1) is 0 Å². The smallest absolute Gasteiger partial charge is 0.0345 e. The molecule has 0 amide bonds. The summed E-state index contributed by atoms with van der Waals surface area (Å²) in [6.07, 6.45) is 3.95. The molecule has 0 spiro atoms. The summed E-state index contributed by atoms with van der Waals surface area (Å²) >= 11 is 0. The Hall–Kier alpha value is -0.720. The highest BCUT2D eigenvalue weighted by Gasteiger charge is 1.99. The Labute approximate surface area is 37.6 Å². The summed E-state index contributed by atoms with van der Waals surface area (Å²) in [6.45, 7) is 3.68. The third-order valence-electron chi connectivity index (χ3n) is 0.944. The van der Waals surface area contributed by atoms with Crippen LogP contribution in [0.25, 0.3) is 0 Å². The van der Waals surface area contributed by atoms with Crippen molar-refractivity contribution in [1.82, 2.24) is 4.90 Å². The van der Waals surface area contributed by atoms with Gasteiger partial charge in [-0.1, -0.05) is 6.58 Å². The molecule has 1 aliphatic heterocycles. The van der Waals surface area contributed by atoms with E-state index < -0.39 is 0 Å². The zero-order chi connectivity index (χ0) is 4.57. The van der Waals surface area contributed by atoms with Crippen molar-refractivity contribution in [2.45, 2.75) is 0 Å². The Balaban J connectivity index is 2.67. The fourth-order valence-corrected chi connectivity index (χ4v) is 0.329. The number of rotatable bonds is 0. The average Bonchev–Trinajstić information content (AvgIpc) is 1.61. The van der Waals surface area contributed by atoms with Crippen molar-refractivity contribution < 1.29 is 0 Å². The van der Waals surface area contributed by atoms with Crippen LogP contribution in [0, 0.1) is 0 Å². The van der Waals surface area contributed by atoms with E-state index >= 15 is 0 Å². The van der Waals surface area contributed by atoms with E-state index in [0.717, 1.165) is 5.70 Å². The van der Waals surface area contributed by atoms with Crippen molar-refractivity contribution in [3.05, 3.63) is 24.6 Å². The molecular weight excluding hydrogens is 74.1 g/mol. The lowest BCUT2D eigenvalue weighted by molar-refractivity contribution is 0.547. The fraction of sp³-hybridized carbons (Fsp3) is 0.200. The van der Waals surface area contributed by atoms with Crippen molar-refractivity contribution in [3.63, 3.8) is 0 Å². The zero-order valence-electron chi connectivity index (χ0n) is 3.81. The van der Waals surface area contributed by atoms with E-state index in [0.29, 0.717) is 0 Å². The molecule has 0 aliphatic carbocycles. The topological polar surface area (TPSA) is 3.24 Å². The van der Waals surface area contributed by atoms with Gasteiger partial charge in [-0.25, -0.2) is 0 Å². The first-order valence-corrected chi connectivity index (χ1v) is 1.90. The van der Waals surface area contributed by atoms with Crippen molar-refractivity contribution >= 4 is 0 Å². The first-order valence-electron chi connectivity index (χ1n) is 1.90. The Morgan fingerprint density at radius 1 is 1.83 bits per heavy atom. The monoisotopic (exact) mass is 81.1 g/mol. The van der Waals surface area contributed by atoms with Gasteiger partial charge < -0.3 is 4.90 Å². The third kappa shape index (κ3) is 0.249. The molecule has 1 aliphatic rings. The van der Waals surface area contributed by atoms with Gasteiger partial charge in [0.1, 0.15) is 0 Å². The van der Waals surface area contributed by atoms with Gasteiger partial charge in [0.05, 0.1) is 0 Å². The molecule has 0 saturated heterocycles. The quantitative estimate of drug-likeness (QED) is 0.420. The highest BCUT2D eigenvalue weighted by atomic mass is 15.1. The summed E-state index contributed by atoms with van der Waals surface area (Å²) in [5.74, 6) is 0. The molecule has 0 unspecified atom stereocenters. The normalized spacial score (nSPS) is 18.2. The minimum absolute atomic E-state index is 1.09. The predicted octanol–water partition coefficient (Wildman–Crippen LogP) is 0.959. The van der Waals surface area contributed by atoms with Gasteiger partial charge in [-0.3, -0.25) is 0 Å². The summed E-state index contributed by atoms with van der Waals surface area (Å²) < 4.78 is 0. The third-order valence-corrected chi connectivity index (χ3v) is 0.944. The van der Waals surface area contributed by atoms with Crippen LogP contribution in [-0.2, 0) is 0 Å². The minimum atomic E-state index is 1.09. The zero-order valence-corrected chi connectivity index (χ0v) is 3.81. The van der Waals surface area contributed by atoms with Gasteiger partial charge in [0, 0.05) is 18.9 Å². The standard InChI is InChI=1S/C5H7N/c1-5-3-4-6(5)2/h3-4H,1H2,2H3. The molecule has 1 nitrogen and oxygen atoms in total. The number of hydrogen-bond donors (Lipinski definition) is 0. The second-order valence-corrected chi connectivity index (χ2v) is 1.42. The predicted molar refractivity (Wildman–Crippen MR) is 26.0 cm³/mol. The Bertz CT molecular complexity index is 103. The number of likely N-dealkylation sites (N-methyl/N-ethyl adjacent to an activating group) is 1. The van der Waals surface area contributed by atoms with Crippen LogP contribution in [0.5, 0.6) is 0 Å². The largest absolute Gasteiger partial charge is 0.351 e. The second-order valence-electron chi connectivity index (χ2n) is 1.42. The lowest BCUT2D eigenvalue weighted by Gasteiger charge is -2.21. The van der Waals surface area contributed by atoms with Crippen LogP contribution in [0.3, 0.4) is 0 Å². The maximum Gasteiger partial charge on any atom is 0.0345 e. The van der Waals surface area contributed by atoms with Crippen LogP contribution in [0.4, 0.5) is 0 Å². The molecule has 0 aromatic carbocycles. The molecule has 0 radical (unpaired) electrons. The average molecular weight is 81.1 g/mol. The number of hydrogen-bond acceptors (Lipinski definition) is 1. The van der Waals surface area contributed by atoms with E-state index in [2.05, 4.69) is 6.58 Å². The van der Waals surface area contributed by atoms with Gasteiger partial charge in [-0.05, 0) is 6.08 Å². The lowest BCUT2D eigenvalue weighted by Crippen LogP contribution is -2.14. The molecule has 0 fully saturated rings. The molecule has 0 aromatic rings. The van der Waals surface area contributed by atoms with Crippen LogP contribution in [0.2, 0.25) is 0 Å². The van der Waals surface area contributed by atoms with Crippen LogP contribution in [0.15, 0.2) is 24.6 Å². The van der Waals surface area contributed by atoms with Gasteiger partial charge in [0.25, 0.3) is 0 Å². The minimum Gasteiger partial charge on any atom is -0.351 e. The first kappa shape index (κ1) is 3.47. The van der Waals surface area contributed by atoms with E-state index in [1.165, 1.54) is 0 Å². The highest BCUT2D eigenvalue weighted by Crippen LogP contribution is 2.09. The molecule has 6 heavy (non-hydrogen) atoms. The first-order chi connectivity index (χ1) is 2.80. The summed E-state index contributed by atoms with van der Waals surface area (Å²) in [5.41, 5.74) is 1.09. The van der Waals surface area contributed by atoms with Gasteiger partial charge in [0.15, 0.2) is 0 Å². The summed E-state index contributed by atoms with van der Waals surface area (Å²) in [6, 6.07) is 0. The Morgan fingerprint density at radius 2 is 2.33 bits per heavy atom. The fourth-order valence-electron chi connectivity index (χ4n) is 0.329. The van der Waals surface area contributed by atoms with Crippen molar-refractivity contribution in [2.75, 3.05) is 7.05 Å². The molecule has 0 atom stereocenters. The van der Waals surface area contributed by atoms with Crippen LogP contribution >= 0.6 is 0 Å². The molecule has 0 bridgehead atoms. The van der Waals surface area contributed by atoms with Crippen LogP contribution in [-0.4, -0.2) is 11.9 Å². The van der Waals surface area contributed by atoms with E-state index in [9.17, 15) is 0 Å². The molecule has 0 N–H and O–H groups in total. The SMILES string of the molecule is C=C1C=CN1C. The summed E-state index contributed by atoms with van der Waals surface area (Å²) in [5, 5.41) is 0. The maximum atomic E-state index is 3.68. The van der Waals surface area contributed by atoms with E-state index in [1.54, 1.807) is 0 Å². The number of allylic oxidation sites excluding steroid dienone is 1. The maximum absolute atomic E-state index is 3.68. The Morgan fingerprint density at radius 3 is 2.33 bits per heavy atom. The molecule has 0 saturated carbocycles. The summed E-state index contributed by atoms with van der Waals surface area (Å²) in [7, 11) is 1.97. The van der Waals surface area contributed by atoms with Crippen molar-refractivity contribution in [1.29, 1.82) is 0 Å². The molecule has 0 aromatic heterocycles. The van der Waals surface area contributed by atoms with E-state index in [-0.39, 0.29) is 0 Å². The van der Waals surface area contributed by atoms with Crippen molar-refractivity contribution in [3.8, 4) is 0 Å². The highest BCUT2D eigenvalue weighted by molar-refractivity contribution is 5.23. The van der Waals surface area contributed by atoms with Gasteiger partial charge in [-0.2, -0.15) is 0 Å². The van der Waals surface area contributed by atoms with E-state index in [4.69, 9.17) is 0 Å². The van der Waals surface area contributed by atoms with Crippen LogP contribution < -0.4 is 0 Å². The second kappa shape index (κ2) is 0.869. The van der Waals surface area contributed by atoms with Crippen molar-refractivity contribution in [2.24, 2.45) is 0 Å². The molecule has 32 valence electrons. The van der Waals surface area contributed by atoms with Gasteiger partial charge >= 0.3 is 0 Å². The number of nitrogens with zero attached hydrogens (tertiary/aromatic N) is 1.